The maximum Gasteiger partial charge on any atom is 0.326 e. The van der Waals surface area contributed by atoms with E-state index in [1.807, 2.05) is 31.2 Å². The van der Waals surface area contributed by atoms with Gasteiger partial charge < -0.3 is 24.9 Å². The van der Waals surface area contributed by atoms with Gasteiger partial charge in [0.15, 0.2) is 18.1 Å². The molecule has 0 aliphatic heterocycles. The second kappa shape index (κ2) is 8.94. The monoisotopic (exact) mass is 382 g/mol. The molecular formula is C21H22N2O5. The first kappa shape index (κ1) is 19.3. The molecule has 146 valence electrons. The molecule has 0 spiro atoms. The molecule has 7 heteroatoms. The first-order chi connectivity index (χ1) is 13.6. The van der Waals surface area contributed by atoms with Crippen molar-refractivity contribution in [3.63, 3.8) is 0 Å². The van der Waals surface area contributed by atoms with Crippen molar-refractivity contribution in [1.82, 2.24) is 10.3 Å². The quantitative estimate of drug-likeness (QED) is 0.528. The number of H-pyrrole nitrogens is 1. The predicted molar refractivity (Wildman–Crippen MR) is 105 cm³/mol. The fourth-order valence-corrected chi connectivity index (χ4v) is 2.94. The van der Waals surface area contributed by atoms with Crippen LogP contribution in [0.25, 0.3) is 10.9 Å². The van der Waals surface area contributed by atoms with Crippen molar-refractivity contribution >= 4 is 22.8 Å². The summed E-state index contributed by atoms with van der Waals surface area (Å²) in [5.74, 6) is -0.652. The van der Waals surface area contributed by atoms with Crippen molar-refractivity contribution in [2.75, 3.05) is 13.2 Å². The third-order valence-corrected chi connectivity index (χ3v) is 4.24. The molecule has 7 nitrogen and oxygen atoms in total. The van der Waals surface area contributed by atoms with Gasteiger partial charge in [0.1, 0.15) is 6.04 Å². The van der Waals surface area contributed by atoms with Crippen molar-refractivity contribution < 1.29 is 24.2 Å². The maximum atomic E-state index is 12.2. The molecule has 0 bridgehead atoms. The van der Waals surface area contributed by atoms with E-state index in [1.165, 1.54) is 0 Å². The zero-order chi connectivity index (χ0) is 19.9. The van der Waals surface area contributed by atoms with Gasteiger partial charge in [0, 0.05) is 23.5 Å². The van der Waals surface area contributed by atoms with Crippen LogP contribution in [0.1, 0.15) is 12.5 Å². The maximum absolute atomic E-state index is 12.2. The van der Waals surface area contributed by atoms with E-state index in [4.69, 9.17) is 9.47 Å². The van der Waals surface area contributed by atoms with Gasteiger partial charge in [-0.2, -0.15) is 0 Å². The lowest BCUT2D eigenvalue weighted by Crippen LogP contribution is -2.44. The minimum atomic E-state index is -1.10. The molecular weight excluding hydrogens is 360 g/mol. The minimum absolute atomic E-state index is 0.167. The van der Waals surface area contributed by atoms with E-state index < -0.39 is 17.9 Å². The summed E-state index contributed by atoms with van der Waals surface area (Å²) in [7, 11) is 0. The Balaban J connectivity index is 1.63. The lowest BCUT2D eigenvalue weighted by atomic mass is 10.1. The highest BCUT2D eigenvalue weighted by Gasteiger charge is 2.22. The Kier molecular flexibility index (Phi) is 6.16. The zero-order valence-corrected chi connectivity index (χ0v) is 15.5. The first-order valence-electron chi connectivity index (χ1n) is 9.00. The molecule has 0 aliphatic rings. The van der Waals surface area contributed by atoms with E-state index >= 15 is 0 Å². The van der Waals surface area contributed by atoms with Gasteiger partial charge in [0.2, 0.25) is 0 Å². The number of ether oxygens (including phenoxy) is 2. The number of amides is 1. The highest BCUT2D eigenvalue weighted by atomic mass is 16.5. The normalized spacial score (nSPS) is 11.8. The molecule has 0 aliphatic carbocycles. The average molecular weight is 382 g/mol. The predicted octanol–water partition coefficient (Wildman–Crippen LogP) is 2.76. The van der Waals surface area contributed by atoms with Crippen molar-refractivity contribution in [1.29, 1.82) is 0 Å². The van der Waals surface area contributed by atoms with Gasteiger partial charge in [-0.05, 0) is 30.7 Å². The Morgan fingerprint density at radius 1 is 1.07 bits per heavy atom. The van der Waals surface area contributed by atoms with Crippen molar-refractivity contribution in [3.8, 4) is 11.5 Å². The highest BCUT2D eigenvalue weighted by Crippen LogP contribution is 2.26. The second-order valence-corrected chi connectivity index (χ2v) is 6.19. The topological polar surface area (TPSA) is 101 Å². The summed E-state index contributed by atoms with van der Waals surface area (Å²) in [4.78, 5) is 27.0. The van der Waals surface area contributed by atoms with E-state index in [1.54, 1.807) is 30.5 Å². The van der Waals surface area contributed by atoms with Crippen molar-refractivity contribution in [3.05, 3.63) is 60.3 Å². The fourth-order valence-electron chi connectivity index (χ4n) is 2.94. The number of carbonyl (C=O) groups is 2. The smallest absolute Gasteiger partial charge is 0.326 e. The summed E-state index contributed by atoms with van der Waals surface area (Å²) < 4.78 is 10.9. The Bertz CT molecular complexity index is 966. The zero-order valence-electron chi connectivity index (χ0n) is 15.5. The molecule has 0 radical (unpaired) electrons. The van der Waals surface area contributed by atoms with Gasteiger partial charge in [0.05, 0.1) is 6.61 Å². The number of rotatable bonds is 9. The van der Waals surface area contributed by atoms with E-state index in [-0.39, 0.29) is 13.0 Å². The van der Waals surface area contributed by atoms with E-state index in [9.17, 15) is 14.7 Å². The third-order valence-electron chi connectivity index (χ3n) is 4.24. The number of aliphatic carboxylic acids is 1. The van der Waals surface area contributed by atoms with Gasteiger partial charge in [0.25, 0.3) is 5.91 Å². The molecule has 1 aromatic heterocycles. The average Bonchev–Trinajstić information content (AvgIpc) is 3.10. The summed E-state index contributed by atoms with van der Waals surface area (Å²) >= 11 is 0. The van der Waals surface area contributed by atoms with Crippen LogP contribution in [0.4, 0.5) is 0 Å². The molecule has 0 saturated carbocycles. The molecule has 1 unspecified atom stereocenters. The summed E-state index contributed by atoms with van der Waals surface area (Å²) in [5.41, 5.74) is 1.75. The number of hydrogen-bond acceptors (Lipinski definition) is 4. The van der Waals surface area contributed by atoms with E-state index in [0.29, 0.717) is 18.1 Å². The van der Waals surface area contributed by atoms with Gasteiger partial charge in [-0.25, -0.2) is 4.79 Å². The molecule has 0 saturated heterocycles. The summed E-state index contributed by atoms with van der Waals surface area (Å²) in [6.07, 6.45) is 1.93. The van der Waals surface area contributed by atoms with Gasteiger partial charge in [-0.15, -0.1) is 0 Å². The first-order valence-corrected chi connectivity index (χ1v) is 9.00. The number of para-hydroxylation sites is 3. The number of aromatic amines is 1. The van der Waals surface area contributed by atoms with Gasteiger partial charge >= 0.3 is 5.97 Å². The molecule has 3 rings (SSSR count). The Morgan fingerprint density at radius 2 is 1.75 bits per heavy atom. The van der Waals surface area contributed by atoms with Crippen LogP contribution >= 0.6 is 0 Å². The molecule has 1 atom stereocenters. The van der Waals surface area contributed by atoms with Crippen LogP contribution < -0.4 is 14.8 Å². The van der Waals surface area contributed by atoms with Crippen LogP contribution in [0.2, 0.25) is 0 Å². The molecule has 3 aromatic rings. The van der Waals surface area contributed by atoms with Crippen LogP contribution in [-0.2, 0) is 16.0 Å². The lowest BCUT2D eigenvalue weighted by molar-refractivity contribution is -0.142. The Hall–Kier alpha value is -3.48. The molecule has 0 fully saturated rings. The highest BCUT2D eigenvalue weighted by molar-refractivity contribution is 5.87. The number of carboxylic acids is 1. The second-order valence-electron chi connectivity index (χ2n) is 6.19. The van der Waals surface area contributed by atoms with Gasteiger partial charge in [-0.1, -0.05) is 30.3 Å². The van der Waals surface area contributed by atoms with E-state index in [0.717, 1.165) is 16.5 Å². The third kappa shape index (κ3) is 4.62. The Labute approximate surface area is 162 Å². The van der Waals surface area contributed by atoms with Gasteiger partial charge in [-0.3, -0.25) is 4.79 Å². The summed E-state index contributed by atoms with van der Waals surface area (Å²) in [6, 6.07) is 13.6. The minimum Gasteiger partial charge on any atom is -0.490 e. The standard InChI is InChI=1S/C21H22N2O5/c1-2-27-18-9-5-6-10-19(18)28-13-20(24)23-17(21(25)26)11-14-12-22-16-8-4-3-7-15(14)16/h3-10,12,17,22H,2,11,13H2,1H3,(H,23,24)(H,25,26). The van der Waals surface area contributed by atoms with Crippen molar-refractivity contribution in [2.45, 2.75) is 19.4 Å². The molecule has 28 heavy (non-hydrogen) atoms. The summed E-state index contributed by atoms with van der Waals surface area (Å²) in [5, 5.41) is 13.0. The lowest BCUT2D eigenvalue weighted by Gasteiger charge is -2.15. The molecule has 1 heterocycles. The van der Waals surface area contributed by atoms with Crippen LogP contribution in [-0.4, -0.2) is 41.2 Å². The molecule has 2 aromatic carbocycles. The Morgan fingerprint density at radius 3 is 2.46 bits per heavy atom. The molecule has 3 N–H and O–H groups in total. The largest absolute Gasteiger partial charge is 0.490 e. The fraction of sp³-hybridized carbons (Fsp3) is 0.238. The number of carboxylic acid groups (broad SMARTS) is 1. The summed E-state index contributed by atoms with van der Waals surface area (Å²) in [6.45, 7) is 2.02. The SMILES string of the molecule is CCOc1ccccc1OCC(=O)NC(Cc1c[nH]c2ccccc12)C(=O)O. The van der Waals surface area contributed by atoms with Crippen LogP contribution in [0.5, 0.6) is 11.5 Å². The number of benzene rings is 2. The van der Waals surface area contributed by atoms with Crippen LogP contribution in [0.3, 0.4) is 0 Å². The van der Waals surface area contributed by atoms with Crippen LogP contribution in [0.15, 0.2) is 54.7 Å². The number of aromatic nitrogens is 1. The van der Waals surface area contributed by atoms with Crippen LogP contribution in [0, 0.1) is 0 Å². The number of carbonyl (C=O) groups excluding carboxylic acids is 1. The number of hydrogen-bond donors (Lipinski definition) is 3. The number of fused-ring (bicyclic) bond motifs is 1. The number of nitrogens with one attached hydrogen (secondary N) is 2. The molecule has 1 amide bonds. The van der Waals surface area contributed by atoms with E-state index in [2.05, 4.69) is 10.3 Å². The van der Waals surface area contributed by atoms with Crippen molar-refractivity contribution in [2.24, 2.45) is 0 Å².